The van der Waals surface area contributed by atoms with Gasteiger partial charge in [-0.3, -0.25) is 0 Å². The lowest BCUT2D eigenvalue weighted by Crippen LogP contribution is -3.00. The molecule has 0 aliphatic heterocycles. The Kier molecular flexibility index (Phi) is 7.35. The maximum Gasteiger partial charge on any atom is 0.388 e. The van der Waals surface area contributed by atoms with Crippen molar-refractivity contribution in [2.24, 2.45) is 0 Å². The normalized spacial score (nSPS) is 10.6. The summed E-state index contributed by atoms with van der Waals surface area (Å²) in [4.78, 5) is 5.11. The highest BCUT2D eigenvalue weighted by Crippen LogP contribution is 2.32. The van der Waals surface area contributed by atoms with E-state index in [1.165, 1.54) is 11.1 Å². The van der Waals surface area contributed by atoms with E-state index in [-0.39, 0.29) is 24.0 Å². The molecule has 4 aromatic carbocycles. The van der Waals surface area contributed by atoms with Crippen LogP contribution in [0.1, 0.15) is 0 Å². The number of hydrogen-bond acceptors (Lipinski definition) is 2. The monoisotopic (exact) mass is 594 g/mol. The third-order valence-corrected chi connectivity index (χ3v) is 6.89. The first-order valence-corrected chi connectivity index (χ1v) is 12.5. The first kappa shape index (κ1) is 24.1. The zero-order chi connectivity index (χ0) is 23.5. The molecule has 6 aromatic rings. The molecule has 2 aromatic heterocycles. The van der Waals surface area contributed by atoms with E-state index >= 15 is 0 Å². The lowest BCUT2D eigenvalue weighted by molar-refractivity contribution is -0.571. The molecule has 0 amide bonds. The highest BCUT2D eigenvalue weighted by Gasteiger charge is 2.25. The van der Waals surface area contributed by atoms with Crippen LogP contribution in [-0.2, 0) is 0 Å². The van der Waals surface area contributed by atoms with E-state index in [2.05, 4.69) is 137 Å². The average Bonchev–Trinajstić information content (AvgIpc) is 3.44. The summed E-state index contributed by atoms with van der Waals surface area (Å²) in [5.41, 5.74) is 9.01. The second-order valence-corrected chi connectivity index (χ2v) is 9.17. The summed E-state index contributed by atoms with van der Waals surface area (Å²) >= 11 is 1.67. The van der Waals surface area contributed by atoms with E-state index in [0.717, 1.165) is 38.9 Å². The van der Waals surface area contributed by atoms with Crippen LogP contribution in [0.5, 0.6) is 0 Å². The topological polar surface area (TPSA) is 16.8 Å². The molecule has 0 radical (unpaired) electrons. The Morgan fingerprint density at radius 1 is 0.472 bits per heavy atom. The van der Waals surface area contributed by atoms with E-state index in [1.54, 1.807) is 11.3 Å². The van der Waals surface area contributed by atoms with Gasteiger partial charge in [0, 0.05) is 16.7 Å². The minimum absolute atomic E-state index is 0. The molecule has 0 fully saturated rings. The van der Waals surface area contributed by atoms with Gasteiger partial charge in [0.05, 0.1) is 5.38 Å². The van der Waals surface area contributed by atoms with Crippen LogP contribution >= 0.6 is 11.3 Å². The molecular formula is C32H23IN2S. The molecule has 0 saturated carbocycles. The quantitative estimate of drug-likeness (QED) is 0.201. The van der Waals surface area contributed by atoms with Gasteiger partial charge in [-0.25, -0.2) is 0 Å². The van der Waals surface area contributed by atoms with Gasteiger partial charge in [0.15, 0.2) is 5.69 Å². The fourth-order valence-corrected chi connectivity index (χ4v) is 5.21. The second-order valence-electron chi connectivity index (χ2n) is 8.33. The first-order chi connectivity index (χ1) is 17.4. The average molecular weight is 595 g/mol. The van der Waals surface area contributed by atoms with Gasteiger partial charge in [0.1, 0.15) is 11.4 Å². The van der Waals surface area contributed by atoms with Crippen LogP contribution in [0.3, 0.4) is 0 Å². The molecular weight excluding hydrogens is 571 g/mol. The van der Waals surface area contributed by atoms with Gasteiger partial charge < -0.3 is 24.0 Å². The predicted octanol–water partition coefficient (Wildman–Crippen LogP) is 5.09. The van der Waals surface area contributed by atoms with Gasteiger partial charge in [-0.2, -0.15) is 4.57 Å². The molecule has 0 spiro atoms. The molecule has 0 atom stereocenters. The van der Waals surface area contributed by atoms with Gasteiger partial charge in [0.2, 0.25) is 0 Å². The summed E-state index contributed by atoms with van der Waals surface area (Å²) in [7, 11) is 0. The van der Waals surface area contributed by atoms with Crippen LogP contribution < -0.4 is 28.5 Å². The third-order valence-electron chi connectivity index (χ3n) is 6.07. The number of rotatable bonds is 5. The second kappa shape index (κ2) is 11.0. The molecule has 4 heteroatoms. The molecule has 0 bridgehead atoms. The summed E-state index contributed by atoms with van der Waals surface area (Å²) < 4.78 is 2.30. The Labute approximate surface area is 232 Å². The lowest BCUT2D eigenvalue weighted by atomic mass is 9.99. The van der Waals surface area contributed by atoms with Gasteiger partial charge in [-0.1, -0.05) is 121 Å². The number of benzene rings is 4. The van der Waals surface area contributed by atoms with Gasteiger partial charge >= 0.3 is 5.13 Å². The zero-order valence-electron chi connectivity index (χ0n) is 19.5. The smallest absolute Gasteiger partial charge is 0.388 e. The molecule has 36 heavy (non-hydrogen) atoms. The fraction of sp³-hybridized carbons (Fsp3) is 0. The Hall–Kier alpha value is -3.61. The molecule has 6 rings (SSSR count). The molecule has 0 saturated heterocycles. The largest absolute Gasteiger partial charge is 1.00 e. The minimum atomic E-state index is 0. The van der Waals surface area contributed by atoms with Crippen molar-refractivity contribution < 1.29 is 28.5 Å². The van der Waals surface area contributed by atoms with Crippen molar-refractivity contribution in [2.45, 2.75) is 0 Å². The van der Waals surface area contributed by atoms with Crippen molar-refractivity contribution in [1.82, 2.24) is 4.98 Å². The standard InChI is InChI=1S/C32H23N2S.HI/c1-5-13-24(14-6-1)28-21-30(26-17-9-3-10-18-26)34(31(22-28)27-19-11-4-12-20-27)32-33-29(23-35-32)25-15-7-2-8-16-25;/h1-23H;1H/q+1;/p-1. The molecule has 2 heterocycles. The van der Waals surface area contributed by atoms with E-state index in [9.17, 15) is 0 Å². The SMILES string of the molecule is [I-].c1ccc(-c2cc(-c3ccccc3)[n+](-c3nc(-c4ccccc4)cs3)c(-c3ccccc3)c2)cc1. The summed E-state index contributed by atoms with van der Waals surface area (Å²) in [6, 6.07) is 46.7. The van der Waals surface area contributed by atoms with Crippen LogP contribution in [0, 0.1) is 0 Å². The fourth-order valence-electron chi connectivity index (χ4n) is 4.35. The Bertz CT molecular complexity index is 1500. The summed E-state index contributed by atoms with van der Waals surface area (Å²) in [6.07, 6.45) is 0. The van der Waals surface area contributed by atoms with E-state index in [4.69, 9.17) is 4.98 Å². The van der Waals surface area contributed by atoms with Crippen molar-refractivity contribution >= 4 is 11.3 Å². The first-order valence-electron chi connectivity index (χ1n) is 11.6. The zero-order valence-corrected chi connectivity index (χ0v) is 22.4. The summed E-state index contributed by atoms with van der Waals surface area (Å²) in [6.45, 7) is 0. The van der Waals surface area contributed by atoms with Crippen LogP contribution in [0.25, 0.3) is 50.0 Å². The molecule has 174 valence electrons. The molecule has 0 aliphatic rings. The number of thiazole rings is 1. The Morgan fingerprint density at radius 3 is 1.36 bits per heavy atom. The van der Waals surface area contributed by atoms with Crippen LogP contribution in [0.15, 0.2) is 139 Å². The number of aromatic nitrogens is 2. The third kappa shape index (κ3) is 4.87. The predicted molar refractivity (Wildman–Crippen MR) is 145 cm³/mol. The summed E-state index contributed by atoms with van der Waals surface area (Å²) in [5, 5.41) is 3.09. The van der Waals surface area contributed by atoms with Crippen molar-refractivity contribution in [3.05, 3.63) is 139 Å². The Morgan fingerprint density at radius 2 is 0.889 bits per heavy atom. The molecule has 0 aliphatic carbocycles. The highest BCUT2D eigenvalue weighted by molar-refractivity contribution is 7.12. The molecule has 0 N–H and O–H groups in total. The number of hydrogen-bond donors (Lipinski definition) is 0. The number of nitrogens with zero attached hydrogens (tertiary/aromatic N) is 2. The maximum absolute atomic E-state index is 5.11. The van der Waals surface area contributed by atoms with Gasteiger partial charge in [-0.05, 0) is 39.6 Å². The van der Waals surface area contributed by atoms with Crippen molar-refractivity contribution in [3.63, 3.8) is 0 Å². The van der Waals surface area contributed by atoms with Crippen LogP contribution in [0.4, 0.5) is 0 Å². The molecule has 0 unspecified atom stereocenters. The van der Waals surface area contributed by atoms with E-state index in [0.29, 0.717) is 0 Å². The minimum Gasteiger partial charge on any atom is -1.00 e. The van der Waals surface area contributed by atoms with Crippen molar-refractivity contribution in [3.8, 4) is 50.0 Å². The lowest BCUT2D eigenvalue weighted by Gasteiger charge is -2.14. The highest BCUT2D eigenvalue weighted by atomic mass is 127. The van der Waals surface area contributed by atoms with Crippen molar-refractivity contribution in [1.29, 1.82) is 0 Å². The van der Waals surface area contributed by atoms with E-state index in [1.807, 2.05) is 6.07 Å². The van der Waals surface area contributed by atoms with Crippen molar-refractivity contribution in [2.75, 3.05) is 0 Å². The number of pyridine rings is 1. The van der Waals surface area contributed by atoms with Gasteiger partial charge in [0.25, 0.3) is 0 Å². The molecule has 2 nitrogen and oxygen atoms in total. The Balaban J connectivity index is 0.00000267. The van der Waals surface area contributed by atoms with Crippen LogP contribution in [-0.4, -0.2) is 4.98 Å². The maximum atomic E-state index is 5.11. The summed E-state index contributed by atoms with van der Waals surface area (Å²) in [5.74, 6) is 0. The van der Waals surface area contributed by atoms with E-state index < -0.39 is 0 Å². The van der Waals surface area contributed by atoms with Crippen LogP contribution in [0.2, 0.25) is 0 Å². The number of halogens is 1. The van der Waals surface area contributed by atoms with Gasteiger partial charge in [-0.15, -0.1) is 0 Å².